The molecule has 0 saturated carbocycles. The third kappa shape index (κ3) is 2.02. The van der Waals surface area contributed by atoms with Crippen molar-refractivity contribution in [2.24, 2.45) is 0 Å². The zero-order valence-corrected chi connectivity index (χ0v) is 11.1. The number of hydrogen-bond acceptors (Lipinski definition) is 3. The lowest BCUT2D eigenvalue weighted by Crippen LogP contribution is -2.41. The van der Waals surface area contributed by atoms with Crippen LogP contribution < -0.4 is 0 Å². The Balaban J connectivity index is 1.84. The van der Waals surface area contributed by atoms with Crippen LogP contribution in [0.25, 0.3) is 0 Å². The Bertz CT molecular complexity index is 424. The Kier molecular flexibility index (Phi) is 2.96. The van der Waals surface area contributed by atoms with Gasteiger partial charge in [-0.05, 0) is 34.8 Å². The fourth-order valence-electron chi connectivity index (χ4n) is 2.73. The van der Waals surface area contributed by atoms with Gasteiger partial charge in [-0.1, -0.05) is 0 Å². The fourth-order valence-corrected chi connectivity index (χ4v) is 3.10. The number of amides is 1. The standard InChI is InChI=1S/C12H15BrN2O2/c13-10-3-8-17-11(10)12(16)15-7-6-14-4-1-9(15)2-5-14/h3,8-9H,1-2,4-7H2. The Morgan fingerprint density at radius 3 is 2.71 bits per heavy atom. The molecule has 4 nitrogen and oxygen atoms in total. The van der Waals surface area contributed by atoms with Gasteiger partial charge in [0.25, 0.3) is 5.91 Å². The van der Waals surface area contributed by atoms with Gasteiger partial charge in [-0.2, -0.15) is 0 Å². The summed E-state index contributed by atoms with van der Waals surface area (Å²) in [6.07, 6.45) is 3.73. The molecule has 5 heteroatoms. The minimum absolute atomic E-state index is 0.0237. The number of nitrogens with zero attached hydrogens (tertiary/aromatic N) is 2. The summed E-state index contributed by atoms with van der Waals surface area (Å²) in [6.45, 7) is 4.04. The monoisotopic (exact) mass is 298 g/mol. The Morgan fingerprint density at radius 1 is 1.29 bits per heavy atom. The fraction of sp³-hybridized carbons (Fsp3) is 0.583. The maximum Gasteiger partial charge on any atom is 0.291 e. The molecule has 2 bridgehead atoms. The molecule has 4 heterocycles. The van der Waals surface area contributed by atoms with E-state index in [1.165, 1.54) is 0 Å². The van der Waals surface area contributed by atoms with Crippen molar-refractivity contribution in [3.63, 3.8) is 0 Å². The van der Waals surface area contributed by atoms with Crippen LogP contribution in [0.2, 0.25) is 0 Å². The topological polar surface area (TPSA) is 36.7 Å². The summed E-state index contributed by atoms with van der Waals surface area (Å²) in [4.78, 5) is 16.8. The number of rotatable bonds is 1. The van der Waals surface area contributed by atoms with Crippen molar-refractivity contribution in [1.29, 1.82) is 0 Å². The summed E-state index contributed by atoms with van der Waals surface area (Å²) < 4.78 is 6.03. The minimum Gasteiger partial charge on any atom is -0.458 e. The molecule has 1 aromatic rings. The van der Waals surface area contributed by atoms with Crippen LogP contribution in [0.1, 0.15) is 23.4 Å². The molecule has 0 aliphatic carbocycles. The first-order valence-electron chi connectivity index (χ1n) is 6.02. The molecule has 3 aliphatic heterocycles. The van der Waals surface area contributed by atoms with Crippen molar-refractivity contribution in [2.45, 2.75) is 18.9 Å². The first kappa shape index (κ1) is 11.3. The van der Waals surface area contributed by atoms with Crippen LogP contribution in [0.5, 0.6) is 0 Å². The molecule has 1 amide bonds. The van der Waals surface area contributed by atoms with Gasteiger partial charge in [0.15, 0.2) is 0 Å². The molecule has 3 fully saturated rings. The maximum atomic E-state index is 12.4. The second-order valence-electron chi connectivity index (χ2n) is 4.67. The van der Waals surface area contributed by atoms with E-state index in [4.69, 9.17) is 4.42 Å². The van der Waals surface area contributed by atoms with Gasteiger partial charge < -0.3 is 14.2 Å². The van der Waals surface area contributed by atoms with E-state index >= 15 is 0 Å². The van der Waals surface area contributed by atoms with Gasteiger partial charge in [-0.15, -0.1) is 0 Å². The minimum atomic E-state index is 0.0237. The molecule has 0 atom stereocenters. The molecular weight excluding hydrogens is 284 g/mol. The van der Waals surface area contributed by atoms with Gasteiger partial charge in [0.1, 0.15) is 0 Å². The summed E-state index contributed by atoms with van der Waals surface area (Å²) in [5, 5.41) is 0. The van der Waals surface area contributed by atoms with Gasteiger partial charge in [0, 0.05) is 32.2 Å². The van der Waals surface area contributed by atoms with E-state index in [-0.39, 0.29) is 5.91 Å². The molecule has 0 N–H and O–H groups in total. The summed E-state index contributed by atoms with van der Waals surface area (Å²) in [5.74, 6) is 0.459. The lowest BCUT2D eigenvalue weighted by molar-refractivity contribution is 0.0651. The third-order valence-electron chi connectivity index (χ3n) is 3.73. The Morgan fingerprint density at radius 2 is 2.06 bits per heavy atom. The van der Waals surface area contributed by atoms with Crippen LogP contribution in [0.3, 0.4) is 0 Å². The first-order chi connectivity index (χ1) is 8.25. The quantitative estimate of drug-likeness (QED) is 0.795. The smallest absolute Gasteiger partial charge is 0.291 e. The van der Waals surface area contributed by atoms with Crippen molar-refractivity contribution in [2.75, 3.05) is 26.2 Å². The van der Waals surface area contributed by atoms with E-state index < -0.39 is 0 Å². The molecule has 0 aromatic carbocycles. The predicted molar refractivity (Wildman–Crippen MR) is 66.9 cm³/mol. The van der Waals surface area contributed by atoms with Crippen LogP contribution in [0, 0.1) is 0 Å². The molecule has 0 unspecified atom stereocenters. The number of furan rings is 1. The van der Waals surface area contributed by atoms with Gasteiger partial charge in [-0.25, -0.2) is 0 Å². The van der Waals surface area contributed by atoms with Crippen molar-refractivity contribution in [3.05, 3.63) is 22.6 Å². The van der Waals surface area contributed by atoms with Crippen molar-refractivity contribution >= 4 is 21.8 Å². The lowest BCUT2D eigenvalue weighted by atomic mass is 10.1. The molecule has 17 heavy (non-hydrogen) atoms. The largest absolute Gasteiger partial charge is 0.458 e. The highest BCUT2D eigenvalue weighted by Crippen LogP contribution is 2.25. The number of carbonyl (C=O) groups is 1. The lowest BCUT2D eigenvalue weighted by Gasteiger charge is -2.30. The number of halogens is 1. The Labute approximate surface area is 109 Å². The molecule has 3 saturated heterocycles. The van der Waals surface area contributed by atoms with E-state index in [9.17, 15) is 4.79 Å². The molecule has 4 rings (SSSR count). The van der Waals surface area contributed by atoms with Crippen LogP contribution in [-0.2, 0) is 0 Å². The molecule has 92 valence electrons. The van der Waals surface area contributed by atoms with Gasteiger partial charge in [-0.3, -0.25) is 4.79 Å². The van der Waals surface area contributed by atoms with Crippen LogP contribution in [0.4, 0.5) is 0 Å². The summed E-state index contributed by atoms with van der Waals surface area (Å²) in [7, 11) is 0. The van der Waals surface area contributed by atoms with Gasteiger partial charge in [0.2, 0.25) is 5.76 Å². The summed E-state index contributed by atoms with van der Waals surface area (Å²) in [5.41, 5.74) is 0. The molecular formula is C12H15BrN2O2. The molecule has 0 radical (unpaired) electrons. The van der Waals surface area contributed by atoms with Crippen LogP contribution >= 0.6 is 15.9 Å². The second-order valence-corrected chi connectivity index (χ2v) is 5.52. The summed E-state index contributed by atoms with van der Waals surface area (Å²) >= 11 is 3.35. The van der Waals surface area contributed by atoms with E-state index in [2.05, 4.69) is 20.8 Å². The van der Waals surface area contributed by atoms with Gasteiger partial charge in [0.05, 0.1) is 10.7 Å². The highest BCUT2D eigenvalue weighted by atomic mass is 79.9. The van der Waals surface area contributed by atoms with E-state index in [1.807, 2.05) is 4.90 Å². The number of hydrogen-bond donors (Lipinski definition) is 0. The van der Waals surface area contributed by atoms with Crippen molar-refractivity contribution in [1.82, 2.24) is 9.80 Å². The number of piperidine rings is 1. The summed E-state index contributed by atoms with van der Waals surface area (Å²) in [6, 6.07) is 2.16. The van der Waals surface area contributed by atoms with Crippen LogP contribution in [0.15, 0.2) is 21.2 Å². The van der Waals surface area contributed by atoms with E-state index in [1.54, 1.807) is 12.3 Å². The highest BCUT2D eigenvalue weighted by molar-refractivity contribution is 9.10. The predicted octanol–water partition coefficient (Wildman–Crippen LogP) is 1.96. The van der Waals surface area contributed by atoms with Crippen LogP contribution in [-0.4, -0.2) is 47.9 Å². The molecule has 1 aromatic heterocycles. The van der Waals surface area contributed by atoms with Crippen molar-refractivity contribution < 1.29 is 9.21 Å². The van der Waals surface area contributed by atoms with E-state index in [0.29, 0.717) is 11.8 Å². The maximum absolute atomic E-state index is 12.4. The van der Waals surface area contributed by atoms with Gasteiger partial charge >= 0.3 is 0 Å². The first-order valence-corrected chi connectivity index (χ1v) is 6.81. The number of carbonyl (C=O) groups excluding carboxylic acids is 1. The molecule has 0 spiro atoms. The average Bonchev–Trinajstić information content (AvgIpc) is 2.58. The highest BCUT2D eigenvalue weighted by Gasteiger charge is 2.33. The average molecular weight is 299 g/mol. The van der Waals surface area contributed by atoms with Crippen molar-refractivity contribution in [3.8, 4) is 0 Å². The Hall–Kier alpha value is -0.810. The SMILES string of the molecule is O=C(c1occc1Br)N1CCN2CCC1CC2. The zero-order chi connectivity index (χ0) is 11.8. The normalized spacial score (nSPS) is 28.2. The van der Waals surface area contributed by atoms with E-state index in [0.717, 1.165) is 43.5 Å². The second kappa shape index (κ2) is 4.46. The number of fused-ring (bicyclic) bond motifs is 4. The molecule has 3 aliphatic rings. The zero-order valence-electron chi connectivity index (χ0n) is 9.56. The third-order valence-corrected chi connectivity index (χ3v) is 4.35.